The van der Waals surface area contributed by atoms with Crippen LogP contribution < -0.4 is 10.4 Å². The second-order valence-electron chi connectivity index (χ2n) is 5.98. The monoisotopic (exact) mass is 328 g/mol. The zero-order valence-corrected chi connectivity index (χ0v) is 13.6. The van der Waals surface area contributed by atoms with Crippen LogP contribution in [0.4, 0.5) is 10.1 Å². The highest BCUT2D eigenvalue weighted by molar-refractivity contribution is 5.92. The van der Waals surface area contributed by atoms with E-state index < -0.39 is 23.6 Å². The Morgan fingerprint density at radius 1 is 1.08 bits per heavy atom. The minimum Gasteiger partial charge on any atom is -0.550 e. The number of halogens is 1. The Hall–Kier alpha value is -2.69. The first-order valence-corrected chi connectivity index (χ1v) is 7.67. The predicted molar refractivity (Wildman–Crippen MR) is 87.8 cm³/mol. The van der Waals surface area contributed by atoms with Crippen molar-refractivity contribution in [2.75, 3.05) is 5.32 Å². The minimum atomic E-state index is -1.26. The van der Waals surface area contributed by atoms with Crippen LogP contribution in [0.3, 0.4) is 0 Å². The van der Waals surface area contributed by atoms with Gasteiger partial charge in [-0.1, -0.05) is 29.3 Å². The molecule has 0 spiro atoms. The van der Waals surface area contributed by atoms with Gasteiger partial charge in [-0.3, -0.25) is 4.79 Å². The SMILES string of the molecule is Cc1cc(C)cc(C[C@@H](CC(=O)Nc2ccc(F)cc2)C(=O)[O-])c1. The fourth-order valence-electron chi connectivity index (χ4n) is 2.68. The van der Waals surface area contributed by atoms with E-state index in [1.54, 1.807) is 0 Å². The van der Waals surface area contributed by atoms with Crippen LogP contribution in [0.25, 0.3) is 0 Å². The molecule has 4 nitrogen and oxygen atoms in total. The number of carboxylic acid groups (broad SMARTS) is 1. The normalized spacial score (nSPS) is 11.8. The predicted octanol–water partition coefficient (Wildman–Crippen LogP) is 2.38. The second kappa shape index (κ2) is 7.73. The van der Waals surface area contributed by atoms with Crippen LogP contribution in [0.5, 0.6) is 0 Å². The lowest BCUT2D eigenvalue weighted by molar-refractivity contribution is -0.311. The molecule has 0 aromatic heterocycles. The summed E-state index contributed by atoms with van der Waals surface area (Å²) in [5.74, 6) is -3.04. The molecule has 0 aliphatic rings. The summed E-state index contributed by atoms with van der Waals surface area (Å²) in [6, 6.07) is 11.1. The number of nitrogens with one attached hydrogen (secondary N) is 1. The molecule has 0 fully saturated rings. The van der Waals surface area contributed by atoms with Crippen molar-refractivity contribution in [3.8, 4) is 0 Å². The zero-order valence-electron chi connectivity index (χ0n) is 13.6. The molecule has 0 radical (unpaired) electrons. The Kier molecular flexibility index (Phi) is 5.68. The molecule has 0 saturated carbocycles. The Labute approximate surface area is 140 Å². The summed E-state index contributed by atoms with van der Waals surface area (Å²) in [6.45, 7) is 3.87. The minimum absolute atomic E-state index is 0.202. The molecule has 2 rings (SSSR count). The third kappa shape index (κ3) is 5.19. The Morgan fingerprint density at radius 2 is 1.67 bits per heavy atom. The molecule has 2 aromatic rings. The molecule has 1 N–H and O–H groups in total. The number of hydrogen-bond acceptors (Lipinski definition) is 3. The van der Waals surface area contributed by atoms with Gasteiger partial charge in [0.25, 0.3) is 0 Å². The Balaban J connectivity index is 2.03. The van der Waals surface area contributed by atoms with E-state index in [9.17, 15) is 19.1 Å². The highest BCUT2D eigenvalue weighted by Crippen LogP contribution is 2.17. The number of rotatable bonds is 6. The van der Waals surface area contributed by atoms with Crippen LogP contribution in [0, 0.1) is 25.6 Å². The van der Waals surface area contributed by atoms with Crippen LogP contribution in [0.2, 0.25) is 0 Å². The molecule has 1 amide bonds. The first-order valence-electron chi connectivity index (χ1n) is 7.67. The van der Waals surface area contributed by atoms with Gasteiger partial charge in [-0.05, 0) is 50.1 Å². The van der Waals surface area contributed by atoms with E-state index in [1.165, 1.54) is 24.3 Å². The van der Waals surface area contributed by atoms with E-state index in [0.29, 0.717) is 5.69 Å². The van der Waals surface area contributed by atoms with Gasteiger partial charge in [-0.15, -0.1) is 0 Å². The third-order valence-corrected chi connectivity index (χ3v) is 3.66. The Bertz CT molecular complexity index is 721. The van der Waals surface area contributed by atoms with Crippen molar-refractivity contribution in [1.82, 2.24) is 0 Å². The van der Waals surface area contributed by atoms with Gasteiger partial charge in [-0.2, -0.15) is 0 Å². The highest BCUT2D eigenvalue weighted by Gasteiger charge is 2.16. The van der Waals surface area contributed by atoms with Gasteiger partial charge in [0.05, 0.1) is 0 Å². The van der Waals surface area contributed by atoms with Gasteiger partial charge in [0.15, 0.2) is 0 Å². The van der Waals surface area contributed by atoms with Crippen molar-refractivity contribution in [3.63, 3.8) is 0 Å². The maximum atomic E-state index is 12.8. The van der Waals surface area contributed by atoms with Crippen molar-refractivity contribution in [2.45, 2.75) is 26.7 Å². The number of aryl methyl sites for hydroxylation is 2. The third-order valence-electron chi connectivity index (χ3n) is 3.66. The van der Waals surface area contributed by atoms with Gasteiger partial charge in [0.2, 0.25) is 5.91 Å². The van der Waals surface area contributed by atoms with Crippen molar-refractivity contribution in [3.05, 3.63) is 65.0 Å². The van der Waals surface area contributed by atoms with Crippen molar-refractivity contribution in [1.29, 1.82) is 0 Å². The van der Waals surface area contributed by atoms with Crippen molar-refractivity contribution in [2.24, 2.45) is 5.92 Å². The van der Waals surface area contributed by atoms with Crippen LogP contribution in [0.15, 0.2) is 42.5 Å². The molecule has 0 bridgehead atoms. The van der Waals surface area contributed by atoms with Crippen LogP contribution in [-0.4, -0.2) is 11.9 Å². The summed E-state index contributed by atoms with van der Waals surface area (Å²) in [5.41, 5.74) is 3.36. The Morgan fingerprint density at radius 3 is 2.21 bits per heavy atom. The molecule has 1 atom stereocenters. The molecule has 0 unspecified atom stereocenters. The second-order valence-corrected chi connectivity index (χ2v) is 5.98. The lowest BCUT2D eigenvalue weighted by Crippen LogP contribution is -2.35. The van der Waals surface area contributed by atoms with Gasteiger partial charge < -0.3 is 15.2 Å². The van der Waals surface area contributed by atoms with E-state index in [4.69, 9.17) is 0 Å². The molecule has 2 aromatic carbocycles. The largest absolute Gasteiger partial charge is 0.550 e. The van der Waals surface area contributed by atoms with Gasteiger partial charge in [-0.25, -0.2) is 4.39 Å². The van der Waals surface area contributed by atoms with E-state index in [0.717, 1.165) is 16.7 Å². The molecule has 5 heteroatoms. The summed E-state index contributed by atoms with van der Waals surface area (Å²) < 4.78 is 12.8. The summed E-state index contributed by atoms with van der Waals surface area (Å²) in [5, 5.41) is 13.9. The number of hydrogen-bond donors (Lipinski definition) is 1. The number of carbonyl (C=O) groups is 2. The van der Waals surface area contributed by atoms with Gasteiger partial charge in [0.1, 0.15) is 5.82 Å². The smallest absolute Gasteiger partial charge is 0.225 e. The highest BCUT2D eigenvalue weighted by atomic mass is 19.1. The number of aliphatic carboxylic acids is 1. The molecule has 0 aliphatic carbocycles. The molecule has 0 saturated heterocycles. The first-order chi connectivity index (χ1) is 11.3. The fraction of sp³-hybridized carbons (Fsp3) is 0.263. The van der Waals surface area contributed by atoms with Gasteiger partial charge >= 0.3 is 0 Å². The molecule has 0 heterocycles. The lowest BCUT2D eigenvalue weighted by atomic mass is 9.94. The number of benzene rings is 2. The molecule has 24 heavy (non-hydrogen) atoms. The van der Waals surface area contributed by atoms with Crippen LogP contribution in [-0.2, 0) is 16.0 Å². The number of amides is 1. The summed E-state index contributed by atoms with van der Waals surface area (Å²) in [4.78, 5) is 23.4. The number of carboxylic acids is 1. The van der Waals surface area contributed by atoms with Crippen molar-refractivity contribution >= 4 is 17.6 Å². The molecule has 126 valence electrons. The van der Waals surface area contributed by atoms with Crippen LogP contribution in [0.1, 0.15) is 23.1 Å². The fourth-order valence-corrected chi connectivity index (χ4v) is 2.68. The number of anilines is 1. The van der Waals surface area contributed by atoms with E-state index in [-0.39, 0.29) is 12.8 Å². The van der Waals surface area contributed by atoms with E-state index in [1.807, 2.05) is 32.0 Å². The topological polar surface area (TPSA) is 69.2 Å². The standard InChI is InChI=1S/C19H20FNO3/c1-12-7-13(2)9-14(8-12)10-15(19(23)24)11-18(22)21-17-5-3-16(20)4-6-17/h3-9,15H,10-11H2,1-2H3,(H,21,22)(H,23,24)/p-1/t15-/m0/s1. The molecular formula is C19H19FNO3-. The quantitative estimate of drug-likeness (QED) is 0.885. The average Bonchev–Trinajstić information content (AvgIpc) is 2.48. The summed E-state index contributed by atoms with van der Waals surface area (Å²) >= 11 is 0. The molecule has 0 aliphatic heterocycles. The summed E-state index contributed by atoms with van der Waals surface area (Å²) in [6.07, 6.45) is 0.0222. The maximum absolute atomic E-state index is 12.8. The average molecular weight is 328 g/mol. The molecular weight excluding hydrogens is 309 g/mol. The van der Waals surface area contributed by atoms with Crippen molar-refractivity contribution < 1.29 is 19.1 Å². The lowest BCUT2D eigenvalue weighted by Gasteiger charge is -2.18. The van der Waals surface area contributed by atoms with E-state index in [2.05, 4.69) is 5.32 Å². The van der Waals surface area contributed by atoms with Crippen LogP contribution >= 0.6 is 0 Å². The first kappa shape index (κ1) is 17.7. The zero-order chi connectivity index (χ0) is 17.7. The van der Waals surface area contributed by atoms with E-state index >= 15 is 0 Å². The number of carbonyl (C=O) groups excluding carboxylic acids is 2. The van der Waals surface area contributed by atoms with Gasteiger partial charge in [0, 0.05) is 24.0 Å². The summed E-state index contributed by atoms with van der Waals surface area (Å²) in [7, 11) is 0. The maximum Gasteiger partial charge on any atom is 0.225 e.